The van der Waals surface area contributed by atoms with Crippen LogP contribution in [0.4, 0.5) is 0 Å². The summed E-state index contributed by atoms with van der Waals surface area (Å²) in [5.41, 5.74) is 2.74. The maximum atomic E-state index is 5.66. The molecule has 0 saturated heterocycles. The zero-order valence-electron chi connectivity index (χ0n) is 12.4. The smallest absolute Gasteiger partial charge is 0.120 e. The van der Waals surface area contributed by atoms with Crippen LogP contribution in [0.5, 0.6) is 11.5 Å². The molecule has 0 aromatic heterocycles. The van der Waals surface area contributed by atoms with Crippen LogP contribution in [0.1, 0.15) is 33.6 Å². The van der Waals surface area contributed by atoms with E-state index in [1.807, 2.05) is 24.3 Å². The summed E-state index contributed by atoms with van der Waals surface area (Å²) >= 11 is 0. The number of allylic oxidation sites excluding steroid dienone is 3. The van der Waals surface area contributed by atoms with Crippen LogP contribution in [0.2, 0.25) is 0 Å². The number of hydrogen-bond donors (Lipinski definition) is 0. The average molecular weight is 260 g/mol. The van der Waals surface area contributed by atoms with Gasteiger partial charge in [-0.3, -0.25) is 0 Å². The fraction of sp³-hybridized carbons (Fsp3) is 0.412. The molecule has 0 radical (unpaired) electrons. The van der Waals surface area contributed by atoms with Crippen LogP contribution in [0.15, 0.2) is 47.6 Å². The van der Waals surface area contributed by atoms with Crippen LogP contribution < -0.4 is 9.47 Å². The predicted molar refractivity (Wildman–Crippen MR) is 80.9 cm³/mol. The molecule has 0 fully saturated rings. The molecule has 0 N–H and O–H groups in total. The molecule has 0 spiro atoms. The fourth-order valence-corrected chi connectivity index (χ4v) is 1.64. The summed E-state index contributed by atoms with van der Waals surface area (Å²) in [4.78, 5) is 0. The van der Waals surface area contributed by atoms with E-state index >= 15 is 0 Å². The van der Waals surface area contributed by atoms with Crippen LogP contribution in [-0.4, -0.2) is 13.7 Å². The summed E-state index contributed by atoms with van der Waals surface area (Å²) in [6.07, 6.45) is 6.61. The summed E-state index contributed by atoms with van der Waals surface area (Å²) in [5, 5.41) is 0. The monoisotopic (exact) mass is 260 g/mol. The van der Waals surface area contributed by atoms with Crippen molar-refractivity contribution in [2.45, 2.75) is 33.6 Å². The molecule has 1 aromatic rings. The molecule has 0 aliphatic heterocycles. The summed E-state index contributed by atoms with van der Waals surface area (Å²) in [6, 6.07) is 7.65. The minimum Gasteiger partial charge on any atom is -0.497 e. The number of methoxy groups -OCH3 is 1. The lowest BCUT2D eigenvalue weighted by Gasteiger charge is -2.05. The largest absolute Gasteiger partial charge is 0.497 e. The van der Waals surface area contributed by atoms with Gasteiger partial charge in [0.2, 0.25) is 0 Å². The molecule has 0 atom stereocenters. The molecule has 0 bridgehead atoms. The SMILES string of the molecule is COc1ccc(OC/C=C(/C)CCC=C(C)C)cc1. The molecule has 2 nitrogen and oxygen atoms in total. The molecule has 1 rings (SSSR count). The van der Waals surface area contributed by atoms with Gasteiger partial charge in [0.1, 0.15) is 18.1 Å². The van der Waals surface area contributed by atoms with Crippen molar-refractivity contribution < 1.29 is 9.47 Å². The van der Waals surface area contributed by atoms with E-state index in [4.69, 9.17) is 9.47 Å². The van der Waals surface area contributed by atoms with Crippen molar-refractivity contribution in [3.8, 4) is 11.5 Å². The minimum atomic E-state index is 0.618. The van der Waals surface area contributed by atoms with Crippen LogP contribution in [-0.2, 0) is 0 Å². The molecule has 1 aromatic carbocycles. The van der Waals surface area contributed by atoms with Gasteiger partial charge in [-0.2, -0.15) is 0 Å². The molecule has 0 amide bonds. The highest BCUT2D eigenvalue weighted by molar-refractivity contribution is 5.31. The maximum absolute atomic E-state index is 5.66. The van der Waals surface area contributed by atoms with Crippen LogP contribution in [0.3, 0.4) is 0 Å². The van der Waals surface area contributed by atoms with E-state index in [1.165, 1.54) is 11.1 Å². The van der Waals surface area contributed by atoms with Gasteiger partial charge in [-0.1, -0.05) is 17.2 Å². The highest BCUT2D eigenvalue weighted by Gasteiger charge is 1.94. The number of rotatable bonds is 7. The van der Waals surface area contributed by atoms with Gasteiger partial charge >= 0.3 is 0 Å². The highest BCUT2D eigenvalue weighted by Crippen LogP contribution is 2.17. The van der Waals surface area contributed by atoms with Crippen LogP contribution >= 0.6 is 0 Å². The molecule has 0 heterocycles. The van der Waals surface area contributed by atoms with Gasteiger partial charge in [0.25, 0.3) is 0 Å². The molecule has 0 aliphatic carbocycles. The van der Waals surface area contributed by atoms with E-state index in [9.17, 15) is 0 Å². The van der Waals surface area contributed by atoms with Gasteiger partial charge in [-0.25, -0.2) is 0 Å². The third-order valence-electron chi connectivity index (χ3n) is 2.83. The van der Waals surface area contributed by atoms with Crippen LogP contribution in [0, 0.1) is 0 Å². The number of benzene rings is 1. The third kappa shape index (κ3) is 6.70. The minimum absolute atomic E-state index is 0.618. The summed E-state index contributed by atoms with van der Waals surface area (Å²) in [6.45, 7) is 7.03. The van der Waals surface area contributed by atoms with Gasteiger partial charge < -0.3 is 9.47 Å². The third-order valence-corrected chi connectivity index (χ3v) is 2.83. The van der Waals surface area contributed by atoms with Crippen molar-refractivity contribution in [1.82, 2.24) is 0 Å². The Morgan fingerprint density at radius 2 is 1.63 bits per heavy atom. The standard InChI is InChI=1S/C17H24O2/c1-14(2)6-5-7-15(3)12-13-19-17-10-8-16(18-4)9-11-17/h6,8-12H,5,7,13H2,1-4H3/b15-12-. The molecule has 19 heavy (non-hydrogen) atoms. The van der Waals surface area contributed by atoms with Crippen molar-refractivity contribution in [3.05, 3.63) is 47.6 Å². The number of ether oxygens (including phenoxy) is 2. The lowest BCUT2D eigenvalue weighted by molar-refractivity contribution is 0.359. The summed E-state index contributed by atoms with van der Waals surface area (Å²) < 4.78 is 10.8. The van der Waals surface area contributed by atoms with E-state index in [2.05, 4.69) is 32.9 Å². The zero-order chi connectivity index (χ0) is 14.1. The molecule has 0 aliphatic rings. The molecule has 104 valence electrons. The van der Waals surface area contributed by atoms with E-state index in [1.54, 1.807) is 7.11 Å². The van der Waals surface area contributed by atoms with Crippen molar-refractivity contribution in [1.29, 1.82) is 0 Å². The normalized spacial score (nSPS) is 11.1. The second kappa shape index (κ2) is 8.41. The topological polar surface area (TPSA) is 18.5 Å². The van der Waals surface area contributed by atoms with Gasteiger partial charge in [-0.05, 0) is 64.0 Å². The van der Waals surface area contributed by atoms with Crippen LogP contribution in [0.25, 0.3) is 0 Å². The summed E-state index contributed by atoms with van der Waals surface area (Å²) in [5.74, 6) is 1.72. The molecule has 2 heteroatoms. The Hall–Kier alpha value is -1.70. The fourth-order valence-electron chi connectivity index (χ4n) is 1.64. The Morgan fingerprint density at radius 3 is 2.21 bits per heavy atom. The first-order valence-corrected chi connectivity index (χ1v) is 6.67. The van der Waals surface area contributed by atoms with Gasteiger partial charge in [-0.15, -0.1) is 0 Å². The van der Waals surface area contributed by atoms with Crippen molar-refractivity contribution in [2.75, 3.05) is 13.7 Å². The van der Waals surface area contributed by atoms with Crippen molar-refractivity contribution in [2.24, 2.45) is 0 Å². The lowest BCUT2D eigenvalue weighted by atomic mass is 10.1. The predicted octanol–water partition coefficient (Wildman–Crippen LogP) is 4.77. The van der Waals surface area contributed by atoms with Gasteiger partial charge in [0.15, 0.2) is 0 Å². The average Bonchev–Trinajstić information content (AvgIpc) is 2.39. The maximum Gasteiger partial charge on any atom is 0.120 e. The number of hydrogen-bond acceptors (Lipinski definition) is 2. The molecular formula is C17H24O2. The zero-order valence-corrected chi connectivity index (χ0v) is 12.4. The highest BCUT2D eigenvalue weighted by atomic mass is 16.5. The van der Waals surface area contributed by atoms with Gasteiger partial charge in [0.05, 0.1) is 7.11 Å². The molecule has 0 saturated carbocycles. The van der Waals surface area contributed by atoms with E-state index < -0.39 is 0 Å². The first-order valence-electron chi connectivity index (χ1n) is 6.67. The Morgan fingerprint density at radius 1 is 1.00 bits per heavy atom. The Kier molecular flexibility index (Phi) is 6.80. The van der Waals surface area contributed by atoms with E-state index in [-0.39, 0.29) is 0 Å². The quantitative estimate of drug-likeness (QED) is 0.658. The van der Waals surface area contributed by atoms with Gasteiger partial charge in [0, 0.05) is 0 Å². The van der Waals surface area contributed by atoms with E-state index in [0.717, 1.165) is 24.3 Å². The molecule has 0 unspecified atom stereocenters. The Balaban J connectivity index is 2.33. The van der Waals surface area contributed by atoms with Crippen molar-refractivity contribution >= 4 is 0 Å². The first kappa shape index (κ1) is 15.4. The Bertz CT molecular complexity index is 423. The molecular weight excluding hydrogens is 236 g/mol. The van der Waals surface area contributed by atoms with Crippen molar-refractivity contribution in [3.63, 3.8) is 0 Å². The second-order valence-electron chi connectivity index (χ2n) is 4.86. The Labute approximate surface area is 116 Å². The second-order valence-corrected chi connectivity index (χ2v) is 4.86. The summed E-state index contributed by atoms with van der Waals surface area (Å²) in [7, 11) is 1.66. The first-order chi connectivity index (χ1) is 9.11. The lowest BCUT2D eigenvalue weighted by Crippen LogP contribution is -1.94. The van der Waals surface area contributed by atoms with E-state index in [0.29, 0.717) is 6.61 Å².